The minimum atomic E-state index is -0.0149. The molecule has 2 amide bonds. The molecule has 1 aromatic rings. The zero-order valence-electron chi connectivity index (χ0n) is 12.8. The highest BCUT2D eigenvalue weighted by Gasteiger charge is 2.39. The van der Waals surface area contributed by atoms with Crippen LogP contribution in [0, 0.1) is 11.8 Å². The van der Waals surface area contributed by atoms with E-state index in [-0.39, 0.29) is 17.7 Å². The number of carbonyl (C=O) groups excluding carboxylic acids is 2. The fraction of sp³-hybridized carbons (Fsp3) is 0.500. The number of nitrogens with zero attached hydrogens (tertiary/aromatic N) is 1. The maximum absolute atomic E-state index is 12.2. The van der Waals surface area contributed by atoms with Crippen molar-refractivity contribution in [3.8, 4) is 0 Å². The number of hydrogen-bond donors (Lipinski definition) is 2. The summed E-state index contributed by atoms with van der Waals surface area (Å²) >= 11 is 0. The van der Waals surface area contributed by atoms with Gasteiger partial charge in [0.1, 0.15) is 0 Å². The second-order valence-electron chi connectivity index (χ2n) is 5.72. The van der Waals surface area contributed by atoms with Crippen molar-refractivity contribution in [1.29, 1.82) is 0 Å². The molecular weight excluding hydrogens is 266 g/mol. The zero-order valence-corrected chi connectivity index (χ0v) is 12.8. The molecule has 0 aromatic heterocycles. The Hall–Kier alpha value is -1.88. The SMILES string of the molecule is CNCCN(C)C(=O)c1ccc(NC(=O)C2CC2C)cc1. The van der Waals surface area contributed by atoms with E-state index in [1.807, 2.05) is 7.05 Å². The van der Waals surface area contributed by atoms with Crippen molar-refractivity contribution in [3.05, 3.63) is 29.8 Å². The zero-order chi connectivity index (χ0) is 15.4. The minimum absolute atomic E-state index is 0.0149. The van der Waals surface area contributed by atoms with Crippen molar-refractivity contribution < 1.29 is 9.59 Å². The highest BCUT2D eigenvalue weighted by Crippen LogP contribution is 2.38. The van der Waals surface area contributed by atoms with Gasteiger partial charge in [-0.3, -0.25) is 9.59 Å². The van der Waals surface area contributed by atoms with Gasteiger partial charge in [-0.05, 0) is 43.7 Å². The van der Waals surface area contributed by atoms with Crippen LogP contribution < -0.4 is 10.6 Å². The van der Waals surface area contributed by atoms with Crippen LogP contribution in [0.1, 0.15) is 23.7 Å². The molecule has 0 bridgehead atoms. The Kier molecular flexibility index (Phi) is 4.96. The third-order valence-electron chi connectivity index (χ3n) is 3.89. The maximum atomic E-state index is 12.2. The molecule has 114 valence electrons. The van der Waals surface area contributed by atoms with E-state index in [1.165, 1.54) is 0 Å². The van der Waals surface area contributed by atoms with Crippen molar-refractivity contribution in [2.45, 2.75) is 13.3 Å². The first-order valence-electron chi connectivity index (χ1n) is 7.34. The van der Waals surface area contributed by atoms with E-state index in [1.54, 1.807) is 36.2 Å². The molecule has 21 heavy (non-hydrogen) atoms. The normalized spacial score (nSPS) is 20.0. The van der Waals surface area contributed by atoms with Crippen LogP contribution in [0.2, 0.25) is 0 Å². The molecule has 0 heterocycles. The second kappa shape index (κ2) is 6.72. The summed E-state index contributed by atoms with van der Waals surface area (Å²) in [6.07, 6.45) is 0.971. The van der Waals surface area contributed by atoms with E-state index in [9.17, 15) is 9.59 Å². The monoisotopic (exact) mass is 289 g/mol. The lowest BCUT2D eigenvalue weighted by atomic mass is 10.1. The first-order chi connectivity index (χ1) is 10.0. The van der Waals surface area contributed by atoms with Gasteiger partial charge in [0, 0.05) is 37.3 Å². The predicted molar refractivity (Wildman–Crippen MR) is 83.2 cm³/mol. The fourth-order valence-corrected chi connectivity index (χ4v) is 2.22. The summed E-state index contributed by atoms with van der Waals surface area (Å²) in [5, 5.41) is 5.90. The van der Waals surface area contributed by atoms with Crippen molar-refractivity contribution in [1.82, 2.24) is 10.2 Å². The number of likely N-dealkylation sites (N-methyl/N-ethyl adjacent to an activating group) is 2. The van der Waals surface area contributed by atoms with Gasteiger partial charge >= 0.3 is 0 Å². The van der Waals surface area contributed by atoms with Crippen molar-refractivity contribution in [3.63, 3.8) is 0 Å². The molecule has 0 aliphatic heterocycles. The van der Waals surface area contributed by atoms with Crippen molar-refractivity contribution in [2.24, 2.45) is 11.8 Å². The number of anilines is 1. The van der Waals surface area contributed by atoms with Gasteiger partial charge in [0.25, 0.3) is 5.91 Å². The lowest BCUT2D eigenvalue weighted by Gasteiger charge is -2.17. The average molecular weight is 289 g/mol. The summed E-state index contributed by atoms with van der Waals surface area (Å²) in [5.41, 5.74) is 1.37. The van der Waals surface area contributed by atoms with Gasteiger partial charge < -0.3 is 15.5 Å². The Morgan fingerprint density at radius 3 is 2.43 bits per heavy atom. The molecular formula is C16H23N3O2. The largest absolute Gasteiger partial charge is 0.340 e. The van der Waals surface area contributed by atoms with E-state index in [0.29, 0.717) is 18.0 Å². The predicted octanol–water partition coefficient (Wildman–Crippen LogP) is 1.57. The summed E-state index contributed by atoms with van der Waals surface area (Å²) in [5.74, 6) is 0.706. The first-order valence-corrected chi connectivity index (χ1v) is 7.34. The summed E-state index contributed by atoms with van der Waals surface area (Å²) in [6, 6.07) is 7.07. The Morgan fingerprint density at radius 2 is 1.90 bits per heavy atom. The molecule has 2 atom stereocenters. The number of rotatable bonds is 6. The fourth-order valence-electron chi connectivity index (χ4n) is 2.22. The third-order valence-corrected chi connectivity index (χ3v) is 3.89. The highest BCUT2D eigenvalue weighted by molar-refractivity contribution is 5.96. The molecule has 5 heteroatoms. The molecule has 1 aromatic carbocycles. The van der Waals surface area contributed by atoms with Crippen LogP contribution in [0.5, 0.6) is 0 Å². The molecule has 1 aliphatic rings. The van der Waals surface area contributed by atoms with Gasteiger partial charge in [-0.25, -0.2) is 0 Å². The smallest absolute Gasteiger partial charge is 0.253 e. The number of nitrogens with one attached hydrogen (secondary N) is 2. The lowest BCUT2D eigenvalue weighted by molar-refractivity contribution is -0.117. The average Bonchev–Trinajstić information content (AvgIpc) is 3.22. The number of carbonyl (C=O) groups is 2. The van der Waals surface area contributed by atoms with E-state index in [0.717, 1.165) is 18.7 Å². The van der Waals surface area contributed by atoms with Gasteiger partial charge in [0.2, 0.25) is 5.91 Å². The summed E-state index contributed by atoms with van der Waals surface area (Å²) in [6.45, 7) is 3.50. The highest BCUT2D eigenvalue weighted by atomic mass is 16.2. The van der Waals surface area contributed by atoms with Crippen LogP contribution in [0.4, 0.5) is 5.69 Å². The van der Waals surface area contributed by atoms with Gasteiger partial charge in [-0.1, -0.05) is 6.92 Å². The van der Waals surface area contributed by atoms with Gasteiger partial charge in [-0.2, -0.15) is 0 Å². The number of benzene rings is 1. The Morgan fingerprint density at radius 1 is 1.29 bits per heavy atom. The molecule has 1 fully saturated rings. The molecule has 5 nitrogen and oxygen atoms in total. The summed E-state index contributed by atoms with van der Waals surface area (Å²) in [7, 11) is 3.64. The Balaban J connectivity index is 1.92. The molecule has 0 saturated heterocycles. The molecule has 2 unspecified atom stereocenters. The molecule has 2 rings (SSSR count). The number of hydrogen-bond acceptors (Lipinski definition) is 3. The van der Waals surface area contributed by atoms with Crippen LogP contribution in [-0.2, 0) is 4.79 Å². The van der Waals surface area contributed by atoms with Crippen LogP contribution in [0.15, 0.2) is 24.3 Å². The van der Waals surface area contributed by atoms with E-state index in [4.69, 9.17) is 0 Å². The second-order valence-corrected chi connectivity index (χ2v) is 5.72. The van der Waals surface area contributed by atoms with E-state index < -0.39 is 0 Å². The standard InChI is InChI=1S/C16H23N3O2/c1-11-10-14(11)15(20)18-13-6-4-12(5-7-13)16(21)19(3)9-8-17-2/h4-7,11,14,17H,8-10H2,1-3H3,(H,18,20). The van der Waals surface area contributed by atoms with Crippen LogP contribution >= 0.6 is 0 Å². The molecule has 0 radical (unpaired) electrons. The van der Waals surface area contributed by atoms with Crippen LogP contribution in [-0.4, -0.2) is 43.9 Å². The third kappa shape index (κ3) is 4.04. The first kappa shape index (κ1) is 15.5. The molecule has 1 saturated carbocycles. The van der Waals surface area contributed by atoms with Crippen molar-refractivity contribution >= 4 is 17.5 Å². The number of amides is 2. The minimum Gasteiger partial charge on any atom is -0.340 e. The quantitative estimate of drug-likeness (QED) is 0.835. The van der Waals surface area contributed by atoms with Gasteiger partial charge in [-0.15, -0.1) is 0 Å². The topological polar surface area (TPSA) is 61.4 Å². The van der Waals surface area contributed by atoms with Gasteiger partial charge in [0.15, 0.2) is 0 Å². The lowest BCUT2D eigenvalue weighted by Crippen LogP contribution is -2.32. The maximum Gasteiger partial charge on any atom is 0.253 e. The molecule has 1 aliphatic carbocycles. The van der Waals surface area contributed by atoms with Crippen LogP contribution in [0.25, 0.3) is 0 Å². The van der Waals surface area contributed by atoms with E-state index >= 15 is 0 Å². The summed E-state index contributed by atoms with van der Waals surface area (Å²) < 4.78 is 0. The Labute approximate surface area is 125 Å². The Bertz CT molecular complexity index is 513. The van der Waals surface area contributed by atoms with Crippen molar-refractivity contribution in [2.75, 3.05) is 32.5 Å². The summed E-state index contributed by atoms with van der Waals surface area (Å²) in [4.78, 5) is 25.7. The van der Waals surface area contributed by atoms with Crippen LogP contribution in [0.3, 0.4) is 0 Å². The van der Waals surface area contributed by atoms with E-state index in [2.05, 4.69) is 17.6 Å². The molecule has 2 N–H and O–H groups in total. The molecule has 0 spiro atoms. The van der Waals surface area contributed by atoms with Gasteiger partial charge in [0.05, 0.1) is 0 Å².